The van der Waals surface area contributed by atoms with Gasteiger partial charge in [0.2, 0.25) is 5.95 Å². The van der Waals surface area contributed by atoms with E-state index in [0.717, 1.165) is 17.2 Å². The van der Waals surface area contributed by atoms with Gasteiger partial charge in [0.25, 0.3) is 0 Å². The highest BCUT2D eigenvalue weighted by Crippen LogP contribution is 2.25. The molecular formula is C18H16ClFN4. The quantitative estimate of drug-likeness (QED) is 0.717. The Morgan fingerprint density at radius 2 is 1.79 bits per heavy atom. The minimum absolute atomic E-state index is 0.0503. The third-order valence-electron chi connectivity index (χ3n) is 3.50. The van der Waals surface area contributed by atoms with Gasteiger partial charge in [0, 0.05) is 30.2 Å². The van der Waals surface area contributed by atoms with Gasteiger partial charge in [-0.1, -0.05) is 29.8 Å². The van der Waals surface area contributed by atoms with Crippen molar-refractivity contribution in [2.24, 2.45) is 0 Å². The molecule has 0 atom stereocenters. The SMILES string of the molecule is Cc1cc(N(C)c2ccccc2)nc(Nc2ccc(F)c(Cl)c2)n1. The van der Waals surface area contributed by atoms with Crippen LogP contribution >= 0.6 is 11.6 Å². The summed E-state index contributed by atoms with van der Waals surface area (Å²) >= 11 is 5.81. The second kappa shape index (κ2) is 6.84. The van der Waals surface area contributed by atoms with Gasteiger partial charge in [-0.15, -0.1) is 0 Å². The van der Waals surface area contributed by atoms with Gasteiger partial charge in [0.1, 0.15) is 11.6 Å². The molecule has 0 radical (unpaired) electrons. The summed E-state index contributed by atoms with van der Waals surface area (Å²) < 4.78 is 13.3. The number of anilines is 4. The zero-order chi connectivity index (χ0) is 17.1. The first-order chi connectivity index (χ1) is 11.5. The Bertz CT molecular complexity index is 855. The summed E-state index contributed by atoms with van der Waals surface area (Å²) in [5, 5.41) is 3.11. The van der Waals surface area contributed by atoms with Gasteiger partial charge in [-0.3, -0.25) is 0 Å². The number of halogens is 2. The largest absolute Gasteiger partial charge is 0.329 e. The summed E-state index contributed by atoms with van der Waals surface area (Å²) in [7, 11) is 1.94. The molecule has 3 rings (SSSR count). The number of rotatable bonds is 4. The molecule has 1 heterocycles. The molecule has 0 fully saturated rings. The predicted octanol–water partition coefficient (Wildman–Crippen LogP) is 5.09. The number of nitrogens with zero attached hydrogens (tertiary/aromatic N) is 3. The van der Waals surface area contributed by atoms with E-state index in [4.69, 9.17) is 11.6 Å². The molecule has 0 aliphatic heterocycles. The number of nitrogens with one attached hydrogen (secondary N) is 1. The van der Waals surface area contributed by atoms with Crippen LogP contribution in [-0.2, 0) is 0 Å². The van der Waals surface area contributed by atoms with Gasteiger partial charge < -0.3 is 10.2 Å². The molecule has 24 heavy (non-hydrogen) atoms. The molecule has 0 saturated heterocycles. The highest BCUT2D eigenvalue weighted by molar-refractivity contribution is 6.31. The third kappa shape index (κ3) is 3.63. The van der Waals surface area contributed by atoms with E-state index in [1.807, 2.05) is 55.3 Å². The molecule has 0 aliphatic carbocycles. The van der Waals surface area contributed by atoms with E-state index in [2.05, 4.69) is 15.3 Å². The molecular weight excluding hydrogens is 327 g/mol. The topological polar surface area (TPSA) is 41.1 Å². The van der Waals surface area contributed by atoms with Gasteiger partial charge in [-0.2, -0.15) is 4.98 Å². The maximum atomic E-state index is 13.3. The van der Waals surface area contributed by atoms with E-state index in [1.165, 1.54) is 12.1 Å². The van der Waals surface area contributed by atoms with Crippen molar-refractivity contribution in [2.75, 3.05) is 17.3 Å². The van der Waals surface area contributed by atoms with Crippen molar-refractivity contribution in [1.82, 2.24) is 9.97 Å². The molecule has 0 amide bonds. The van der Waals surface area contributed by atoms with Gasteiger partial charge in [0.05, 0.1) is 5.02 Å². The molecule has 122 valence electrons. The maximum Gasteiger partial charge on any atom is 0.229 e. The Morgan fingerprint density at radius 3 is 2.50 bits per heavy atom. The van der Waals surface area contributed by atoms with Crippen molar-refractivity contribution >= 4 is 34.7 Å². The van der Waals surface area contributed by atoms with E-state index in [0.29, 0.717) is 11.6 Å². The van der Waals surface area contributed by atoms with Crippen LogP contribution in [0.5, 0.6) is 0 Å². The summed E-state index contributed by atoms with van der Waals surface area (Å²) in [5.74, 6) is 0.719. The Balaban J connectivity index is 1.90. The normalized spacial score (nSPS) is 10.5. The van der Waals surface area contributed by atoms with E-state index in [9.17, 15) is 4.39 Å². The third-order valence-corrected chi connectivity index (χ3v) is 3.79. The van der Waals surface area contributed by atoms with E-state index >= 15 is 0 Å². The highest BCUT2D eigenvalue weighted by atomic mass is 35.5. The number of hydrogen-bond donors (Lipinski definition) is 1. The molecule has 0 unspecified atom stereocenters. The standard InChI is InChI=1S/C18H16ClFN4/c1-12-10-17(24(2)14-6-4-3-5-7-14)23-18(21-12)22-13-8-9-16(20)15(19)11-13/h3-11H,1-2H3,(H,21,22,23). The molecule has 4 nitrogen and oxygen atoms in total. The van der Waals surface area contributed by atoms with Crippen LogP contribution in [0, 0.1) is 12.7 Å². The summed E-state index contributed by atoms with van der Waals surface area (Å²) in [5.41, 5.74) is 2.46. The molecule has 2 aromatic carbocycles. The van der Waals surface area contributed by atoms with Crippen LogP contribution in [0.1, 0.15) is 5.69 Å². The summed E-state index contributed by atoms with van der Waals surface area (Å²) in [4.78, 5) is 10.9. The van der Waals surface area contributed by atoms with Crippen LogP contribution in [0.4, 0.5) is 27.5 Å². The Labute approximate surface area is 144 Å². The smallest absolute Gasteiger partial charge is 0.229 e. The second-order valence-corrected chi connectivity index (χ2v) is 5.75. The Morgan fingerprint density at radius 1 is 1.04 bits per heavy atom. The first-order valence-corrected chi connectivity index (χ1v) is 7.77. The van der Waals surface area contributed by atoms with Crippen LogP contribution in [0.3, 0.4) is 0 Å². The number of aromatic nitrogens is 2. The van der Waals surface area contributed by atoms with Crippen molar-refractivity contribution in [3.8, 4) is 0 Å². The van der Waals surface area contributed by atoms with Gasteiger partial charge in [0.15, 0.2) is 0 Å². The fourth-order valence-corrected chi connectivity index (χ4v) is 2.45. The molecule has 0 saturated carbocycles. The fourth-order valence-electron chi connectivity index (χ4n) is 2.27. The van der Waals surface area contributed by atoms with Crippen LogP contribution in [0.15, 0.2) is 54.6 Å². The lowest BCUT2D eigenvalue weighted by molar-refractivity contribution is 0.628. The molecule has 1 aromatic heterocycles. The molecule has 0 bridgehead atoms. The number of para-hydroxylation sites is 1. The molecule has 1 N–H and O–H groups in total. The minimum Gasteiger partial charge on any atom is -0.329 e. The average molecular weight is 343 g/mol. The summed E-state index contributed by atoms with van der Waals surface area (Å²) in [6, 6.07) is 16.2. The van der Waals surface area contributed by atoms with E-state index < -0.39 is 5.82 Å². The van der Waals surface area contributed by atoms with Gasteiger partial charge in [-0.05, 0) is 37.3 Å². The lowest BCUT2D eigenvalue weighted by Gasteiger charge is -2.19. The van der Waals surface area contributed by atoms with Crippen molar-refractivity contribution < 1.29 is 4.39 Å². The molecule has 3 aromatic rings. The maximum absolute atomic E-state index is 13.3. The highest BCUT2D eigenvalue weighted by Gasteiger charge is 2.09. The number of aryl methyl sites for hydroxylation is 1. The van der Waals surface area contributed by atoms with E-state index in [1.54, 1.807) is 6.07 Å². The Hall–Kier alpha value is -2.66. The van der Waals surface area contributed by atoms with Gasteiger partial charge in [-0.25, -0.2) is 9.37 Å². The lowest BCUT2D eigenvalue weighted by Crippen LogP contribution is -2.13. The molecule has 0 aliphatic rings. The van der Waals surface area contributed by atoms with Crippen LogP contribution in [0.25, 0.3) is 0 Å². The van der Waals surface area contributed by atoms with Crippen molar-refractivity contribution in [2.45, 2.75) is 6.92 Å². The number of hydrogen-bond acceptors (Lipinski definition) is 4. The van der Waals surface area contributed by atoms with Crippen LogP contribution in [0.2, 0.25) is 5.02 Å². The first-order valence-electron chi connectivity index (χ1n) is 7.39. The summed E-state index contributed by atoms with van der Waals surface area (Å²) in [6.07, 6.45) is 0. The van der Waals surface area contributed by atoms with Crippen molar-refractivity contribution in [1.29, 1.82) is 0 Å². The predicted molar refractivity (Wildman–Crippen MR) is 96.0 cm³/mol. The Kier molecular flexibility index (Phi) is 4.62. The zero-order valence-corrected chi connectivity index (χ0v) is 14.0. The second-order valence-electron chi connectivity index (χ2n) is 5.34. The minimum atomic E-state index is -0.461. The summed E-state index contributed by atoms with van der Waals surface area (Å²) in [6.45, 7) is 1.90. The fraction of sp³-hybridized carbons (Fsp3) is 0.111. The lowest BCUT2D eigenvalue weighted by atomic mass is 10.3. The number of benzene rings is 2. The average Bonchev–Trinajstić information content (AvgIpc) is 2.58. The van der Waals surface area contributed by atoms with Crippen LogP contribution in [-0.4, -0.2) is 17.0 Å². The first kappa shape index (κ1) is 16.2. The van der Waals surface area contributed by atoms with Crippen molar-refractivity contribution in [3.05, 3.63) is 71.1 Å². The zero-order valence-electron chi connectivity index (χ0n) is 13.3. The van der Waals surface area contributed by atoms with Gasteiger partial charge >= 0.3 is 0 Å². The van der Waals surface area contributed by atoms with Crippen LogP contribution < -0.4 is 10.2 Å². The molecule has 0 spiro atoms. The molecule has 6 heteroatoms. The van der Waals surface area contributed by atoms with Crippen molar-refractivity contribution in [3.63, 3.8) is 0 Å². The monoisotopic (exact) mass is 342 g/mol. The van der Waals surface area contributed by atoms with E-state index in [-0.39, 0.29) is 5.02 Å².